The molecule has 1 amide bonds. The van der Waals surface area contributed by atoms with Gasteiger partial charge in [-0.1, -0.05) is 18.2 Å². The number of anilines is 1. The van der Waals surface area contributed by atoms with Crippen LogP contribution in [0.25, 0.3) is 6.08 Å². The molecule has 0 bridgehead atoms. The van der Waals surface area contributed by atoms with Gasteiger partial charge < -0.3 is 10.1 Å². The Kier molecular flexibility index (Phi) is 5.69. The molecule has 1 N–H and O–H groups in total. The molecule has 2 aromatic carbocycles. The van der Waals surface area contributed by atoms with Crippen LogP contribution in [-0.4, -0.2) is 11.9 Å². The van der Waals surface area contributed by atoms with Gasteiger partial charge in [-0.25, -0.2) is 0 Å². The quantitative estimate of drug-likeness (QED) is 0.345. The predicted octanol–water partition coefficient (Wildman–Crippen LogP) is 4.57. The summed E-state index contributed by atoms with van der Waals surface area (Å²) in [4.78, 5) is 23.9. The van der Waals surface area contributed by atoms with Crippen molar-refractivity contribution in [3.05, 3.63) is 65.2 Å². The average molecular weight is 400 g/mol. The van der Waals surface area contributed by atoms with Gasteiger partial charge in [0.2, 0.25) is 0 Å². The standard InChI is InChI=1S/C21H15F3N2O3/c22-21(23,24)16-2-1-3-17(11-16)26-19(27)15(12-25)10-13-4-8-18(9-5-13)29-20(28)14-6-7-14/h1-5,8-11,14H,6-7H2,(H,26,27)/b15-10+. The van der Waals surface area contributed by atoms with E-state index in [0.29, 0.717) is 11.3 Å². The molecule has 0 spiro atoms. The van der Waals surface area contributed by atoms with Gasteiger partial charge >= 0.3 is 12.1 Å². The van der Waals surface area contributed by atoms with Crippen molar-refractivity contribution < 1.29 is 27.5 Å². The molecule has 8 heteroatoms. The van der Waals surface area contributed by atoms with Crippen molar-refractivity contribution in [3.8, 4) is 11.8 Å². The van der Waals surface area contributed by atoms with E-state index in [1.165, 1.54) is 24.3 Å². The molecule has 3 rings (SSSR count). The Hall–Kier alpha value is -3.60. The second-order valence-corrected chi connectivity index (χ2v) is 6.47. The van der Waals surface area contributed by atoms with E-state index >= 15 is 0 Å². The van der Waals surface area contributed by atoms with Crippen LogP contribution in [0.15, 0.2) is 54.1 Å². The fourth-order valence-corrected chi connectivity index (χ4v) is 2.44. The van der Waals surface area contributed by atoms with Gasteiger partial charge in [0.15, 0.2) is 0 Å². The van der Waals surface area contributed by atoms with E-state index in [2.05, 4.69) is 5.32 Å². The summed E-state index contributed by atoms with van der Waals surface area (Å²) in [7, 11) is 0. The Labute approximate surface area is 164 Å². The third-order valence-electron chi connectivity index (χ3n) is 4.13. The summed E-state index contributed by atoms with van der Waals surface area (Å²) >= 11 is 0. The molecule has 1 fully saturated rings. The molecule has 0 aromatic heterocycles. The van der Waals surface area contributed by atoms with Crippen molar-refractivity contribution in [2.45, 2.75) is 19.0 Å². The summed E-state index contributed by atoms with van der Waals surface area (Å²) in [5, 5.41) is 11.5. The number of hydrogen-bond donors (Lipinski definition) is 1. The van der Waals surface area contributed by atoms with Crippen molar-refractivity contribution in [1.29, 1.82) is 5.26 Å². The topological polar surface area (TPSA) is 79.2 Å². The summed E-state index contributed by atoms with van der Waals surface area (Å²) in [6.07, 6.45) is -1.60. The third-order valence-corrected chi connectivity index (χ3v) is 4.13. The normalized spacial score (nSPS) is 14.1. The number of ether oxygens (including phenoxy) is 1. The Morgan fingerprint density at radius 2 is 1.83 bits per heavy atom. The first-order chi connectivity index (χ1) is 13.8. The Morgan fingerprint density at radius 1 is 1.14 bits per heavy atom. The fraction of sp³-hybridized carbons (Fsp3) is 0.190. The van der Waals surface area contributed by atoms with Crippen LogP contribution in [0.1, 0.15) is 24.0 Å². The monoisotopic (exact) mass is 400 g/mol. The molecule has 0 heterocycles. The molecule has 1 aliphatic carbocycles. The molecule has 0 atom stereocenters. The number of hydrogen-bond acceptors (Lipinski definition) is 4. The molecule has 0 radical (unpaired) electrons. The minimum Gasteiger partial charge on any atom is -0.426 e. The number of esters is 1. The summed E-state index contributed by atoms with van der Waals surface area (Å²) in [5.41, 5.74) is -0.778. The number of halogens is 3. The van der Waals surface area contributed by atoms with E-state index in [9.17, 15) is 28.0 Å². The number of amides is 1. The molecule has 5 nitrogen and oxygen atoms in total. The second-order valence-electron chi connectivity index (χ2n) is 6.47. The van der Waals surface area contributed by atoms with Gasteiger partial charge in [0.25, 0.3) is 5.91 Å². The Bertz CT molecular complexity index is 1000. The lowest BCUT2D eigenvalue weighted by Gasteiger charge is -2.09. The smallest absolute Gasteiger partial charge is 0.416 e. The van der Waals surface area contributed by atoms with Crippen LogP contribution in [-0.2, 0) is 15.8 Å². The van der Waals surface area contributed by atoms with Crippen LogP contribution in [0, 0.1) is 17.2 Å². The molecule has 0 aliphatic heterocycles. The molecule has 148 valence electrons. The maximum Gasteiger partial charge on any atom is 0.416 e. The van der Waals surface area contributed by atoms with Crippen LogP contribution in [0.4, 0.5) is 18.9 Å². The van der Waals surface area contributed by atoms with Crippen LogP contribution in [0.2, 0.25) is 0 Å². The number of nitriles is 1. The number of nitrogens with one attached hydrogen (secondary N) is 1. The lowest BCUT2D eigenvalue weighted by molar-refractivity contribution is -0.137. The summed E-state index contributed by atoms with van der Waals surface area (Å²) in [6, 6.07) is 12.0. The van der Waals surface area contributed by atoms with Crippen LogP contribution < -0.4 is 10.1 Å². The highest BCUT2D eigenvalue weighted by Gasteiger charge is 2.32. The average Bonchev–Trinajstić information content (AvgIpc) is 3.52. The molecule has 2 aromatic rings. The molecule has 0 saturated heterocycles. The van der Waals surface area contributed by atoms with E-state index < -0.39 is 17.6 Å². The number of carbonyl (C=O) groups is 2. The van der Waals surface area contributed by atoms with Crippen LogP contribution in [0.3, 0.4) is 0 Å². The number of carbonyl (C=O) groups excluding carboxylic acids is 2. The third kappa shape index (κ3) is 5.45. The summed E-state index contributed by atoms with van der Waals surface area (Å²) in [6.45, 7) is 0. The lowest BCUT2D eigenvalue weighted by Crippen LogP contribution is -2.14. The van der Waals surface area contributed by atoms with E-state index in [-0.39, 0.29) is 23.1 Å². The van der Waals surface area contributed by atoms with E-state index in [1.807, 2.05) is 0 Å². The van der Waals surface area contributed by atoms with Crippen molar-refractivity contribution in [2.75, 3.05) is 5.32 Å². The number of rotatable bonds is 5. The van der Waals surface area contributed by atoms with Gasteiger partial charge in [-0.05, 0) is 54.8 Å². The number of alkyl halides is 3. The molecule has 1 aliphatic rings. The van der Waals surface area contributed by atoms with Crippen molar-refractivity contribution >= 4 is 23.6 Å². The van der Waals surface area contributed by atoms with Crippen LogP contribution >= 0.6 is 0 Å². The first-order valence-corrected chi connectivity index (χ1v) is 8.68. The zero-order chi connectivity index (χ0) is 21.0. The van der Waals surface area contributed by atoms with Crippen molar-refractivity contribution in [3.63, 3.8) is 0 Å². The fourth-order valence-electron chi connectivity index (χ4n) is 2.44. The number of benzene rings is 2. The minimum atomic E-state index is -4.54. The van der Waals surface area contributed by atoms with E-state index in [1.54, 1.807) is 18.2 Å². The van der Waals surface area contributed by atoms with Gasteiger partial charge in [-0.15, -0.1) is 0 Å². The highest BCUT2D eigenvalue weighted by atomic mass is 19.4. The van der Waals surface area contributed by atoms with Gasteiger partial charge in [0.05, 0.1) is 11.5 Å². The maximum atomic E-state index is 12.8. The van der Waals surface area contributed by atoms with Gasteiger partial charge in [-0.3, -0.25) is 9.59 Å². The SMILES string of the molecule is N#C/C(=C\c1ccc(OC(=O)C2CC2)cc1)C(=O)Nc1cccc(C(F)(F)F)c1. The van der Waals surface area contributed by atoms with Gasteiger partial charge in [0, 0.05) is 5.69 Å². The largest absolute Gasteiger partial charge is 0.426 e. The second kappa shape index (κ2) is 8.19. The first-order valence-electron chi connectivity index (χ1n) is 8.68. The molecule has 0 unspecified atom stereocenters. The van der Waals surface area contributed by atoms with Crippen LogP contribution in [0.5, 0.6) is 5.75 Å². The minimum absolute atomic E-state index is 0.0423. The highest BCUT2D eigenvalue weighted by molar-refractivity contribution is 6.09. The van der Waals surface area contributed by atoms with Crippen molar-refractivity contribution in [1.82, 2.24) is 0 Å². The summed E-state index contributed by atoms with van der Waals surface area (Å²) in [5.74, 6) is -0.812. The summed E-state index contributed by atoms with van der Waals surface area (Å²) < 4.78 is 43.5. The Balaban J connectivity index is 1.70. The van der Waals surface area contributed by atoms with Gasteiger partial charge in [-0.2, -0.15) is 18.4 Å². The van der Waals surface area contributed by atoms with Gasteiger partial charge in [0.1, 0.15) is 17.4 Å². The lowest BCUT2D eigenvalue weighted by atomic mass is 10.1. The maximum absolute atomic E-state index is 12.8. The highest BCUT2D eigenvalue weighted by Crippen LogP contribution is 2.31. The van der Waals surface area contributed by atoms with Crippen molar-refractivity contribution in [2.24, 2.45) is 5.92 Å². The first kappa shape index (κ1) is 20.1. The zero-order valence-electron chi connectivity index (χ0n) is 15.0. The Morgan fingerprint density at radius 3 is 2.41 bits per heavy atom. The zero-order valence-corrected chi connectivity index (χ0v) is 15.0. The predicted molar refractivity (Wildman–Crippen MR) is 98.5 cm³/mol. The molecule has 29 heavy (non-hydrogen) atoms. The van der Waals surface area contributed by atoms with E-state index in [0.717, 1.165) is 31.0 Å². The number of nitrogens with zero attached hydrogens (tertiary/aromatic N) is 1. The molecule has 1 saturated carbocycles. The molecular formula is C21H15F3N2O3. The van der Waals surface area contributed by atoms with E-state index in [4.69, 9.17) is 4.74 Å². The molecular weight excluding hydrogens is 385 g/mol.